The van der Waals surface area contributed by atoms with E-state index in [-0.39, 0.29) is 29.8 Å². The molecule has 1 aromatic rings. The second-order valence-corrected chi connectivity index (χ2v) is 4.42. The van der Waals surface area contributed by atoms with Gasteiger partial charge in [0.2, 0.25) is 0 Å². The third-order valence-electron chi connectivity index (χ3n) is 2.03. The summed E-state index contributed by atoms with van der Waals surface area (Å²) in [6.07, 6.45) is 0. The normalized spacial score (nSPS) is 9.33. The second-order valence-electron chi connectivity index (χ2n) is 3.50. The van der Waals surface area contributed by atoms with Gasteiger partial charge in [0.1, 0.15) is 5.82 Å². The Kier molecular flexibility index (Phi) is 9.35. The van der Waals surface area contributed by atoms with E-state index >= 15 is 0 Å². The van der Waals surface area contributed by atoms with Crippen LogP contribution in [0.1, 0.15) is 19.4 Å². The molecule has 0 radical (unpaired) electrons. The van der Waals surface area contributed by atoms with Gasteiger partial charge in [0.15, 0.2) is 5.96 Å². The molecule has 18 heavy (non-hydrogen) atoms. The molecule has 3 nitrogen and oxygen atoms in total. The molecule has 1 aromatic carbocycles. The van der Waals surface area contributed by atoms with Crippen LogP contribution in [0.15, 0.2) is 27.7 Å². The van der Waals surface area contributed by atoms with Gasteiger partial charge in [0.25, 0.3) is 0 Å². The molecule has 0 bridgehead atoms. The fourth-order valence-corrected chi connectivity index (χ4v) is 1.89. The van der Waals surface area contributed by atoms with Crippen molar-refractivity contribution < 1.29 is 4.39 Å². The van der Waals surface area contributed by atoms with Crippen LogP contribution in [0.2, 0.25) is 0 Å². The molecule has 0 saturated heterocycles. The highest BCUT2D eigenvalue weighted by Crippen LogP contribution is 2.15. The maximum atomic E-state index is 13.1. The highest BCUT2D eigenvalue weighted by atomic mass is 127. The van der Waals surface area contributed by atoms with Gasteiger partial charge in [0.05, 0.1) is 6.54 Å². The SMILES string of the molecule is CCNC(=NCc1cc(F)cc(Br)c1)NCC.I. The number of hydrogen-bond acceptors (Lipinski definition) is 1. The Bertz CT molecular complexity index is 371. The molecule has 0 heterocycles. The maximum absolute atomic E-state index is 13.1. The topological polar surface area (TPSA) is 36.4 Å². The van der Waals surface area contributed by atoms with Gasteiger partial charge >= 0.3 is 0 Å². The minimum absolute atomic E-state index is 0. The largest absolute Gasteiger partial charge is 0.357 e. The van der Waals surface area contributed by atoms with Crippen molar-refractivity contribution in [3.8, 4) is 0 Å². The summed E-state index contributed by atoms with van der Waals surface area (Å²) in [6.45, 7) is 6.07. The quantitative estimate of drug-likeness (QED) is 0.437. The Morgan fingerprint density at radius 1 is 1.22 bits per heavy atom. The minimum atomic E-state index is -0.252. The van der Waals surface area contributed by atoms with Crippen LogP contribution in [-0.4, -0.2) is 19.0 Å². The fourth-order valence-electron chi connectivity index (χ4n) is 1.38. The molecule has 0 aliphatic rings. The monoisotopic (exact) mass is 429 g/mol. The molecule has 6 heteroatoms. The third kappa shape index (κ3) is 6.53. The van der Waals surface area contributed by atoms with Crippen LogP contribution in [0, 0.1) is 5.82 Å². The van der Waals surface area contributed by atoms with E-state index in [9.17, 15) is 4.39 Å². The number of nitrogens with one attached hydrogen (secondary N) is 2. The van der Waals surface area contributed by atoms with E-state index in [2.05, 4.69) is 31.6 Å². The molecule has 0 atom stereocenters. The van der Waals surface area contributed by atoms with Gasteiger partial charge in [-0.25, -0.2) is 9.38 Å². The standard InChI is InChI=1S/C12H17BrFN3.HI/c1-3-15-12(16-4-2)17-8-9-5-10(13)7-11(14)6-9;/h5-7H,3-4,8H2,1-2H3,(H2,15,16,17);1H. The first-order chi connectivity index (χ1) is 8.15. The smallest absolute Gasteiger partial charge is 0.191 e. The van der Waals surface area contributed by atoms with E-state index in [1.165, 1.54) is 12.1 Å². The molecule has 0 amide bonds. The summed E-state index contributed by atoms with van der Waals surface area (Å²) < 4.78 is 13.9. The van der Waals surface area contributed by atoms with Crippen molar-refractivity contribution in [1.82, 2.24) is 10.6 Å². The van der Waals surface area contributed by atoms with Gasteiger partial charge < -0.3 is 10.6 Å². The third-order valence-corrected chi connectivity index (χ3v) is 2.49. The van der Waals surface area contributed by atoms with E-state index < -0.39 is 0 Å². The summed E-state index contributed by atoms with van der Waals surface area (Å²) in [7, 11) is 0. The first-order valence-electron chi connectivity index (χ1n) is 5.62. The number of halogens is 3. The summed E-state index contributed by atoms with van der Waals surface area (Å²) >= 11 is 3.26. The zero-order chi connectivity index (χ0) is 12.7. The Morgan fingerprint density at radius 3 is 2.33 bits per heavy atom. The predicted molar refractivity (Wildman–Crippen MR) is 88.0 cm³/mol. The molecular formula is C12H18BrFIN3. The predicted octanol–water partition coefficient (Wildman–Crippen LogP) is 3.28. The van der Waals surface area contributed by atoms with E-state index in [4.69, 9.17) is 0 Å². The maximum Gasteiger partial charge on any atom is 0.191 e. The number of aliphatic imine (C=N–C) groups is 1. The summed E-state index contributed by atoms with van der Waals surface area (Å²) in [5.41, 5.74) is 0.838. The number of guanidine groups is 1. The lowest BCUT2D eigenvalue weighted by atomic mass is 10.2. The van der Waals surface area contributed by atoms with E-state index in [1.807, 2.05) is 19.9 Å². The van der Waals surface area contributed by atoms with Gasteiger partial charge in [-0.2, -0.15) is 0 Å². The zero-order valence-corrected chi connectivity index (χ0v) is 14.4. The lowest BCUT2D eigenvalue weighted by Gasteiger charge is -2.09. The van der Waals surface area contributed by atoms with Crippen molar-refractivity contribution in [1.29, 1.82) is 0 Å². The van der Waals surface area contributed by atoms with Crippen LogP contribution in [0.4, 0.5) is 4.39 Å². The highest BCUT2D eigenvalue weighted by Gasteiger charge is 1.99. The zero-order valence-electron chi connectivity index (χ0n) is 10.5. The Morgan fingerprint density at radius 2 is 1.83 bits per heavy atom. The molecule has 1 rings (SSSR count). The molecule has 102 valence electrons. The van der Waals surface area contributed by atoms with Crippen molar-refractivity contribution in [2.45, 2.75) is 20.4 Å². The van der Waals surface area contributed by atoms with E-state index in [1.54, 1.807) is 0 Å². The van der Waals surface area contributed by atoms with Crippen molar-refractivity contribution in [2.75, 3.05) is 13.1 Å². The average molecular weight is 430 g/mol. The molecule has 0 saturated carbocycles. The molecule has 0 aliphatic carbocycles. The van der Waals surface area contributed by atoms with Crippen LogP contribution < -0.4 is 10.6 Å². The fraction of sp³-hybridized carbons (Fsp3) is 0.417. The lowest BCUT2D eigenvalue weighted by Crippen LogP contribution is -2.36. The van der Waals surface area contributed by atoms with Gasteiger partial charge in [-0.3, -0.25) is 0 Å². The summed E-state index contributed by atoms with van der Waals surface area (Å²) in [6, 6.07) is 4.79. The van der Waals surface area contributed by atoms with Crippen LogP contribution >= 0.6 is 39.9 Å². The first-order valence-corrected chi connectivity index (χ1v) is 6.42. The summed E-state index contributed by atoms with van der Waals surface area (Å²) in [5.74, 6) is 0.494. The van der Waals surface area contributed by atoms with Gasteiger partial charge in [-0.15, -0.1) is 24.0 Å². The van der Waals surface area contributed by atoms with Crippen LogP contribution in [0.25, 0.3) is 0 Å². The second kappa shape index (κ2) is 9.55. The van der Waals surface area contributed by atoms with Gasteiger partial charge in [0, 0.05) is 17.6 Å². The molecule has 0 aliphatic heterocycles. The van der Waals surface area contributed by atoms with Crippen LogP contribution in [-0.2, 0) is 6.54 Å². The number of benzene rings is 1. The van der Waals surface area contributed by atoms with Crippen molar-refractivity contribution >= 4 is 45.9 Å². The molecule has 0 aromatic heterocycles. The molecule has 0 spiro atoms. The number of rotatable bonds is 4. The molecule has 0 unspecified atom stereocenters. The average Bonchev–Trinajstić information content (AvgIpc) is 2.25. The number of hydrogen-bond donors (Lipinski definition) is 2. The molecule has 0 fully saturated rings. The Hall–Kier alpha value is -0.370. The van der Waals surface area contributed by atoms with Crippen molar-refractivity contribution in [2.24, 2.45) is 4.99 Å². The first kappa shape index (κ1) is 17.6. The van der Waals surface area contributed by atoms with E-state index in [0.29, 0.717) is 6.54 Å². The molecular weight excluding hydrogens is 412 g/mol. The Balaban J connectivity index is 0.00000289. The van der Waals surface area contributed by atoms with Gasteiger partial charge in [-0.1, -0.05) is 15.9 Å². The van der Waals surface area contributed by atoms with Gasteiger partial charge in [-0.05, 0) is 37.6 Å². The number of nitrogens with zero attached hydrogens (tertiary/aromatic N) is 1. The molecule has 2 N–H and O–H groups in total. The minimum Gasteiger partial charge on any atom is -0.357 e. The van der Waals surface area contributed by atoms with Crippen LogP contribution in [0.5, 0.6) is 0 Å². The summed E-state index contributed by atoms with van der Waals surface area (Å²) in [4.78, 5) is 4.36. The lowest BCUT2D eigenvalue weighted by molar-refractivity contribution is 0.624. The Labute approximate surface area is 133 Å². The highest BCUT2D eigenvalue weighted by molar-refractivity contribution is 14.0. The van der Waals surface area contributed by atoms with Crippen molar-refractivity contribution in [3.63, 3.8) is 0 Å². The van der Waals surface area contributed by atoms with Crippen LogP contribution in [0.3, 0.4) is 0 Å². The summed E-state index contributed by atoms with van der Waals surface area (Å²) in [5, 5.41) is 6.23. The van der Waals surface area contributed by atoms with E-state index in [0.717, 1.165) is 29.1 Å². The van der Waals surface area contributed by atoms with Crippen molar-refractivity contribution in [3.05, 3.63) is 34.1 Å².